The summed E-state index contributed by atoms with van der Waals surface area (Å²) in [5.74, 6) is -0.0996. The Balaban J connectivity index is 0.000000211. The SMILES string of the molecule is CC1(C)CC=CC(F)=C1c1ccccc1.NC1C=COCC1. The Morgan fingerprint density at radius 1 is 1.23 bits per heavy atom. The predicted molar refractivity (Wildman–Crippen MR) is 89.7 cm³/mol. The number of rotatable bonds is 1. The van der Waals surface area contributed by atoms with Crippen LogP contribution >= 0.6 is 0 Å². The van der Waals surface area contributed by atoms with E-state index in [4.69, 9.17) is 10.5 Å². The van der Waals surface area contributed by atoms with Gasteiger partial charge in [0.2, 0.25) is 0 Å². The molecule has 3 rings (SSSR count). The quantitative estimate of drug-likeness (QED) is 0.822. The van der Waals surface area contributed by atoms with Crippen molar-refractivity contribution < 1.29 is 9.13 Å². The van der Waals surface area contributed by atoms with Crippen LogP contribution in [0.1, 0.15) is 32.3 Å². The summed E-state index contributed by atoms with van der Waals surface area (Å²) in [7, 11) is 0. The first kappa shape index (κ1) is 16.5. The normalized spacial score (nSPS) is 22.6. The van der Waals surface area contributed by atoms with Gasteiger partial charge in [-0.15, -0.1) is 0 Å². The zero-order valence-electron chi connectivity index (χ0n) is 13.3. The third-order valence-electron chi connectivity index (χ3n) is 3.86. The Kier molecular flexibility index (Phi) is 5.56. The van der Waals surface area contributed by atoms with E-state index in [0.717, 1.165) is 30.6 Å². The average molecular weight is 301 g/mol. The molecule has 3 heteroatoms. The van der Waals surface area contributed by atoms with Gasteiger partial charge in [-0.2, -0.15) is 0 Å². The number of hydrogen-bond acceptors (Lipinski definition) is 2. The van der Waals surface area contributed by atoms with Crippen molar-refractivity contribution in [1.82, 2.24) is 0 Å². The molecule has 22 heavy (non-hydrogen) atoms. The first-order valence-electron chi connectivity index (χ1n) is 7.67. The Bertz CT molecular complexity index is 572. The summed E-state index contributed by atoms with van der Waals surface area (Å²) in [5.41, 5.74) is 7.17. The molecule has 0 saturated carbocycles. The second kappa shape index (κ2) is 7.41. The van der Waals surface area contributed by atoms with Crippen LogP contribution in [-0.2, 0) is 4.74 Å². The van der Waals surface area contributed by atoms with Crippen molar-refractivity contribution in [3.63, 3.8) is 0 Å². The molecule has 1 aliphatic heterocycles. The van der Waals surface area contributed by atoms with Crippen molar-refractivity contribution in [2.75, 3.05) is 6.61 Å². The molecule has 1 heterocycles. The molecule has 0 radical (unpaired) electrons. The van der Waals surface area contributed by atoms with Crippen LogP contribution in [0.15, 0.2) is 60.6 Å². The Morgan fingerprint density at radius 2 is 1.95 bits per heavy atom. The van der Waals surface area contributed by atoms with Crippen LogP contribution in [0.5, 0.6) is 0 Å². The van der Waals surface area contributed by atoms with Crippen molar-refractivity contribution >= 4 is 5.57 Å². The summed E-state index contributed by atoms with van der Waals surface area (Å²) in [5, 5.41) is 0. The molecular formula is C19H24FNO. The van der Waals surface area contributed by atoms with Gasteiger partial charge >= 0.3 is 0 Å². The largest absolute Gasteiger partial charge is 0.501 e. The smallest absolute Gasteiger partial charge is 0.127 e. The minimum atomic E-state index is -0.111. The molecule has 0 spiro atoms. The van der Waals surface area contributed by atoms with Crippen molar-refractivity contribution in [2.24, 2.45) is 11.1 Å². The molecule has 0 aromatic heterocycles. The molecule has 0 amide bonds. The third-order valence-corrected chi connectivity index (χ3v) is 3.86. The van der Waals surface area contributed by atoms with Crippen LogP contribution in [-0.4, -0.2) is 12.6 Å². The van der Waals surface area contributed by atoms with Gasteiger partial charge < -0.3 is 10.5 Å². The molecule has 1 atom stereocenters. The van der Waals surface area contributed by atoms with Crippen molar-refractivity contribution in [1.29, 1.82) is 0 Å². The third kappa shape index (κ3) is 4.31. The minimum absolute atomic E-state index is 0.0996. The van der Waals surface area contributed by atoms with Gasteiger partial charge in [0.05, 0.1) is 12.9 Å². The number of hydrogen-bond donors (Lipinski definition) is 1. The second-order valence-electron chi connectivity index (χ2n) is 6.23. The molecule has 2 N–H and O–H groups in total. The van der Waals surface area contributed by atoms with Crippen LogP contribution in [0, 0.1) is 5.41 Å². The van der Waals surface area contributed by atoms with Gasteiger partial charge in [-0.1, -0.05) is 50.3 Å². The number of allylic oxidation sites excluding steroid dienone is 4. The number of nitrogens with two attached hydrogens (primary N) is 1. The summed E-state index contributed by atoms with van der Waals surface area (Å²) >= 11 is 0. The lowest BCUT2D eigenvalue weighted by molar-refractivity contribution is 0.223. The maximum atomic E-state index is 13.8. The minimum Gasteiger partial charge on any atom is -0.501 e. The first-order valence-corrected chi connectivity index (χ1v) is 7.67. The maximum Gasteiger partial charge on any atom is 0.127 e. The molecule has 1 unspecified atom stereocenters. The van der Waals surface area contributed by atoms with E-state index in [-0.39, 0.29) is 17.3 Å². The highest BCUT2D eigenvalue weighted by atomic mass is 19.1. The Hall–Kier alpha value is -1.87. The topological polar surface area (TPSA) is 35.2 Å². The Labute approximate surface area is 132 Å². The summed E-state index contributed by atoms with van der Waals surface area (Å²) in [6.07, 6.45) is 8.86. The van der Waals surface area contributed by atoms with Crippen LogP contribution in [0.2, 0.25) is 0 Å². The van der Waals surface area contributed by atoms with Crippen LogP contribution in [0.25, 0.3) is 5.57 Å². The Morgan fingerprint density at radius 3 is 2.45 bits per heavy atom. The van der Waals surface area contributed by atoms with Crippen molar-refractivity contribution in [3.05, 3.63) is 66.2 Å². The number of ether oxygens (including phenoxy) is 1. The van der Waals surface area contributed by atoms with Gasteiger partial charge in [-0.25, -0.2) is 4.39 Å². The molecule has 1 aliphatic carbocycles. The van der Waals surface area contributed by atoms with Gasteiger partial charge in [-0.3, -0.25) is 0 Å². The molecule has 1 aromatic rings. The summed E-state index contributed by atoms with van der Waals surface area (Å²) in [6.45, 7) is 4.94. The van der Waals surface area contributed by atoms with E-state index in [1.165, 1.54) is 0 Å². The lowest BCUT2D eigenvalue weighted by Gasteiger charge is -2.30. The fraction of sp³-hybridized carbons (Fsp3) is 0.368. The molecule has 0 bridgehead atoms. The van der Waals surface area contributed by atoms with Gasteiger partial charge in [0, 0.05) is 18.0 Å². The van der Waals surface area contributed by atoms with Crippen molar-refractivity contribution in [2.45, 2.75) is 32.7 Å². The fourth-order valence-corrected chi connectivity index (χ4v) is 2.62. The van der Waals surface area contributed by atoms with Gasteiger partial charge in [-0.05, 0) is 29.6 Å². The number of benzene rings is 1. The van der Waals surface area contributed by atoms with Gasteiger partial charge in [0.15, 0.2) is 0 Å². The molecule has 118 valence electrons. The molecule has 0 fully saturated rings. The van der Waals surface area contributed by atoms with Crippen LogP contribution in [0.3, 0.4) is 0 Å². The lowest BCUT2D eigenvalue weighted by Crippen LogP contribution is -2.21. The van der Waals surface area contributed by atoms with E-state index in [2.05, 4.69) is 13.8 Å². The second-order valence-corrected chi connectivity index (χ2v) is 6.23. The standard InChI is InChI=1S/C14H15F.C5H9NO/c1-14(2)10-6-9-12(15)13(14)11-7-4-3-5-8-11;6-5-1-3-7-4-2-5/h3-9H,10H2,1-2H3;1,3,5H,2,4,6H2. The summed E-state index contributed by atoms with van der Waals surface area (Å²) in [6, 6.07) is 10.0. The van der Waals surface area contributed by atoms with Gasteiger partial charge in [0.25, 0.3) is 0 Å². The van der Waals surface area contributed by atoms with E-state index < -0.39 is 0 Å². The molecule has 1 aromatic carbocycles. The zero-order chi connectivity index (χ0) is 16.0. The predicted octanol–water partition coefficient (Wildman–Crippen LogP) is 4.60. The van der Waals surface area contributed by atoms with Gasteiger partial charge in [0.1, 0.15) is 5.83 Å². The highest BCUT2D eigenvalue weighted by molar-refractivity contribution is 5.74. The summed E-state index contributed by atoms with van der Waals surface area (Å²) < 4.78 is 18.7. The van der Waals surface area contributed by atoms with Crippen LogP contribution < -0.4 is 5.73 Å². The average Bonchev–Trinajstić information content (AvgIpc) is 2.49. The van der Waals surface area contributed by atoms with Crippen molar-refractivity contribution in [3.8, 4) is 0 Å². The monoisotopic (exact) mass is 301 g/mol. The first-order chi connectivity index (χ1) is 10.5. The van der Waals surface area contributed by atoms with Crippen LogP contribution in [0.4, 0.5) is 4.39 Å². The number of halogens is 1. The highest BCUT2D eigenvalue weighted by Gasteiger charge is 2.28. The molecular weight excluding hydrogens is 277 g/mol. The lowest BCUT2D eigenvalue weighted by atomic mass is 9.75. The van der Waals surface area contributed by atoms with E-state index >= 15 is 0 Å². The summed E-state index contributed by atoms with van der Waals surface area (Å²) in [4.78, 5) is 0. The molecule has 0 saturated heterocycles. The highest BCUT2D eigenvalue weighted by Crippen LogP contribution is 2.43. The molecule has 2 aliphatic rings. The zero-order valence-corrected chi connectivity index (χ0v) is 13.3. The maximum absolute atomic E-state index is 13.8. The fourth-order valence-electron chi connectivity index (χ4n) is 2.62. The van der Waals surface area contributed by atoms with E-state index in [1.807, 2.05) is 42.5 Å². The van der Waals surface area contributed by atoms with E-state index in [0.29, 0.717) is 0 Å². The van der Waals surface area contributed by atoms with E-state index in [1.54, 1.807) is 12.3 Å². The van der Waals surface area contributed by atoms with E-state index in [9.17, 15) is 4.39 Å². The molecule has 2 nitrogen and oxygen atoms in total.